The van der Waals surface area contributed by atoms with Gasteiger partial charge in [0.05, 0.1) is 0 Å². The second-order valence-electron chi connectivity index (χ2n) is 7.39. The topological polar surface area (TPSA) is 78.5 Å². The van der Waals surface area contributed by atoms with E-state index >= 15 is 0 Å². The molecule has 7 heteroatoms. The van der Waals surface area contributed by atoms with E-state index in [1.54, 1.807) is 4.90 Å². The van der Waals surface area contributed by atoms with Gasteiger partial charge in [-0.15, -0.1) is 12.4 Å². The maximum Gasteiger partial charge on any atom is 0.255 e. The first-order chi connectivity index (χ1) is 12.0. The van der Waals surface area contributed by atoms with Crippen molar-refractivity contribution >= 4 is 30.1 Å². The molecule has 1 aromatic rings. The molecule has 3 amide bonds. The Morgan fingerprint density at radius 3 is 2.69 bits per heavy atom. The molecule has 0 bridgehead atoms. The molecule has 1 aromatic carbocycles. The number of carbonyl (C=O) groups is 3. The lowest BCUT2D eigenvalue weighted by Gasteiger charge is -2.29. The van der Waals surface area contributed by atoms with E-state index in [1.807, 2.05) is 6.07 Å². The Balaban J connectivity index is 0.00000196. The molecule has 3 heterocycles. The number of nitrogens with one attached hydrogen (secondary N) is 2. The Morgan fingerprint density at radius 1 is 1.15 bits per heavy atom. The van der Waals surface area contributed by atoms with Gasteiger partial charge in [0, 0.05) is 24.6 Å². The van der Waals surface area contributed by atoms with E-state index in [-0.39, 0.29) is 36.5 Å². The van der Waals surface area contributed by atoms with Crippen LogP contribution < -0.4 is 10.6 Å². The number of carbonyl (C=O) groups excluding carboxylic acids is 3. The molecule has 4 rings (SSSR count). The first-order valence-corrected chi connectivity index (χ1v) is 9.04. The molecule has 26 heavy (non-hydrogen) atoms. The van der Waals surface area contributed by atoms with Crippen molar-refractivity contribution in [3.8, 4) is 0 Å². The summed E-state index contributed by atoms with van der Waals surface area (Å²) in [6.07, 6.45) is 2.90. The van der Waals surface area contributed by atoms with Crippen LogP contribution in [0.3, 0.4) is 0 Å². The third-order valence-corrected chi connectivity index (χ3v) is 5.64. The van der Waals surface area contributed by atoms with Crippen LogP contribution in [0, 0.1) is 0 Å². The summed E-state index contributed by atoms with van der Waals surface area (Å²) in [5.41, 5.74) is 2.97. The zero-order chi connectivity index (χ0) is 17.6. The van der Waals surface area contributed by atoms with E-state index in [1.165, 1.54) is 5.56 Å². The fourth-order valence-electron chi connectivity index (χ4n) is 4.28. The molecule has 0 radical (unpaired) electrons. The van der Waals surface area contributed by atoms with Gasteiger partial charge in [0.1, 0.15) is 6.04 Å². The summed E-state index contributed by atoms with van der Waals surface area (Å²) in [5.74, 6) is -0.200. The van der Waals surface area contributed by atoms with Gasteiger partial charge in [-0.3, -0.25) is 19.7 Å². The Hall–Kier alpha value is -1.92. The highest BCUT2D eigenvalue weighted by atomic mass is 35.5. The van der Waals surface area contributed by atoms with E-state index in [4.69, 9.17) is 0 Å². The summed E-state index contributed by atoms with van der Waals surface area (Å²) in [6.45, 7) is 3.67. The summed E-state index contributed by atoms with van der Waals surface area (Å²) in [7, 11) is 0. The number of hydrogen-bond donors (Lipinski definition) is 2. The van der Waals surface area contributed by atoms with Gasteiger partial charge >= 0.3 is 0 Å². The second kappa shape index (κ2) is 7.37. The van der Waals surface area contributed by atoms with E-state index in [9.17, 15) is 14.4 Å². The molecule has 3 atom stereocenters. The fraction of sp³-hybridized carbons (Fsp3) is 0.526. The molecule has 3 unspecified atom stereocenters. The van der Waals surface area contributed by atoms with Gasteiger partial charge in [0.15, 0.2) is 0 Å². The number of rotatable bonds is 2. The smallest absolute Gasteiger partial charge is 0.255 e. The maximum atomic E-state index is 12.7. The van der Waals surface area contributed by atoms with Gasteiger partial charge in [-0.1, -0.05) is 12.1 Å². The number of hydrogen-bond acceptors (Lipinski definition) is 4. The van der Waals surface area contributed by atoms with Gasteiger partial charge < -0.3 is 10.2 Å². The standard InChI is InChI=1S/C19H23N3O3.ClH/c1-11-8-13(6-7-20-11)12-2-3-15-14(9-12)10-22(19(15)25)16-4-5-17(23)21-18(16)24;/h2-3,9,11,13,16,20H,4-8,10H2,1H3,(H,21,23,24);1H. The predicted molar refractivity (Wildman–Crippen MR) is 99.2 cm³/mol. The molecule has 140 valence electrons. The molecule has 0 spiro atoms. The number of benzene rings is 1. The van der Waals surface area contributed by atoms with Crippen molar-refractivity contribution in [2.24, 2.45) is 0 Å². The SMILES string of the molecule is CC1CC(c2ccc3c(c2)CN(C2CCC(=O)NC2=O)C3=O)CCN1.Cl. The first kappa shape index (κ1) is 18.9. The van der Waals surface area contributed by atoms with Crippen molar-refractivity contribution in [2.75, 3.05) is 6.54 Å². The van der Waals surface area contributed by atoms with E-state index < -0.39 is 6.04 Å². The molecule has 0 aliphatic carbocycles. The van der Waals surface area contributed by atoms with Gasteiger partial charge in [-0.05, 0) is 55.8 Å². The lowest BCUT2D eigenvalue weighted by molar-refractivity contribution is -0.136. The van der Waals surface area contributed by atoms with Crippen molar-refractivity contribution in [2.45, 2.75) is 57.2 Å². The molecule has 6 nitrogen and oxygen atoms in total. The molecule has 2 saturated heterocycles. The molecule has 2 N–H and O–H groups in total. The molecular formula is C19H24ClN3O3. The van der Waals surface area contributed by atoms with Crippen molar-refractivity contribution in [1.29, 1.82) is 0 Å². The van der Waals surface area contributed by atoms with Crippen LogP contribution in [0.2, 0.25) is 0 Å². The molecule has 3 aliphatic rings. The zero-order valence-corrected chi connectivity index (χ0v) is 15.6. The van der Waals surface area contributed by atoms with Crippen LogP contribution in [0.1, 0.15) is 60.0 Å². The highest BCUT2D eigenvalue weighted by Gasteiger charge is 2.39. The minimum atomic E-state index is -0.542. The highest BCUT2D eigenvalue weighted by Crippen LogP contribution is 2.33. The third kappa shape index (κ3) is 3.35. The van der Waals surface area contributed by atoms with Crippen LogP contribution in [0.4, 0.5) is 0 Å². The van der Waals surface area contributed by atoms with Crippen LogP contribution in [-0.4, -0.2) is 41.2 Å². The van der Waals surface area contributed by atoms with Crippen molar-refractivity contribution in [1.82, 2.24) is 15.5 Å². The minimum absolute atomic E-state index is 0. The van der Waals surface area contributed by atoms with E-state index in [0.29, 0.717) is 30.5 Å². The summed E-state index contributed by atoms with van der Waals surface area (Å²) >= 11 is 0. The molecule has 0 aromatic heterocycles. The quantitative estimate of drug-likeness (QED) is 0.769. The van der Waals surface area contributed by atoms with Crippen molar-refractivity contribution < 1.29 is 14.4 Å². The van der Waals surface area contributed by atoms with Crippen LogP contribution in [-0.2, 0) is 16.1 Å². The van der Waals surface area contributed by atoms with Crippen LogP contribution in [0.25, 0.3) is 0 Å². The van der Waals surface area contributed by atoms with Crippen LogP contribution in [0.15, 0.2) is 18.2 Å². The summed E-state index contributed by atoms with van der Waals surface area (Å²) < 4.78 is 0. The van der Waals surface area contributed by atoms with Crippen molar-refractivity contribution in [3.63, 3.8) is 0 Å². The molecular weight excluding hydrogens is 354 g/mol. The van der Waals surface area contributed by atoms with E-state index in [2.05, 4.69) is 29.7 Å². The number of nitrogens with zero attached hydrogens (tertiary/aromatic N) is 1. The zero-order valence-electron chi connectivity index (χ0n) is 14.8. The average Bonchev–Trinajstić information content (AvgIpc) is 2.91. The van der Waals surface area contributed by atoms with Crippen LogP contribution in [0.5, 0.6) is 0 Å². The largest absolute Gasteiger partial charge is 0.322 e. The van der Waals surface area contributed by atoms with Gasteiger partial charge in [-0.2, -0.15) is 0 Å². The lowest BCUT2D eigenvalue weighted by Crippen LogP contribution is -2.52. The number of halogens is 1. The minimum Gasteiger partial charge on any atom is -0.322 e. The second-order valence-corrected chi connectivity index (χ2v) is 7.39. The maximum absolute atomic E-state index is 12.7. The highest BCUT2D eigenvalue weighted by molar-refractivity contribution is 6.05. The molecule has 0 saturated carbocycles. The van der Waals surface area contributed by atoms with Gasteiger partial charge in [0.2, 0.25) is 11.8 Å². The summed E-state index contributed by atoms with van der Waals surface area (Å²) in [6, 6.07) is 6.08. The van der Waals surface area contributed by atoms with Gasteiger partial charge in [0.25, 0.3) is 5.91 Å². The number of fused-ring (bicyclic) bond motifs is 1. The van der Waals surface area contributed by atoms with Gasteiger partial charge in [-0.25, -0.2) is 0 Å². The first-order valence-electron chi connectivity index (χ1n) is 9.04. The summed E-state index contributed by atoms with van der Waals surface area (Å²) in [5, 5.41) is 5.81. The van der Waals surface area contributed by atoms with E-state index in [0.717, 1.165) is 24.9 Å². The Bertz CT molecular complexity index is 752. The molecule has 3 aliphatic heterocycles. The monoisotopic (exact) mass is 377 g/mol. The lowest BCUT2D eigenvalue weighted by atomic mass is 9.86. The predicted octanol–water partition coefficient (Wildman–Crippen LogP) is 1.72. The number of piperidine rings is 2. The number of imide groups is 1. The van der Waals surface area contributed by atoms with Crippen LogP contribution >= 0.6 is 12.4 Å². The Kier molecular flexibility index (Phi) is 5.34. The molecule has 2 fully saturated rings. The fourth-order valence-corrected chi connectivity index (χ4v) is 4.28. The number of amides is 3. The third-order valence-electron chi connectivity index (χ3n) is 5.64. The average molecular weight is 378 g/mol. The Labute approximate surface area is 159 Å². The Morgan fingerprint density at radius 2 is 1.96 bits per heavy atom. The summed E-state index contributed by atoms with van der Waals surface area (Å²) in [4.78, 5) is 37.8. The van der Waals surface area contributed by atoms with Crippen molar-refractivity contribution in [3.05, 3.63) is 34.9 Å². The normalized spacial score (nSPS) is 28.4.